The number of hydrogen-bond acceptors (Lipinski definition) is 6. The van der Waals surface area contributed by atoms with Crippen LogP contribution >= 0.6 is 11.6 Å². The molecule has 1 aromatic heterocycles. The number of hydrogen-bond donors (Lipinski definition) is 1. The Morgan fingerprint density at radius 2 is 1.95 bits per heavy atom. The molecule has 1 N–H and O–H groups in total. The number of rotatable bonds is 4. The van der Waals surface area contributed by atoms with Crippen LogP contribution in [-0.2, 0) is 25.5 Å². The summed E-state index contributed by atoms with van der Waals surface area (Å²) in [7, 11) is 1.32. The first-order valence-corrected chi connectivity index (χ1v) is 14.1. The minimum Gasteiger partial charge on any atom is -0.469 e. The van der Waals surface area contributed by atoms with Gasteiger partial charge in [0.25, 0.3) is 0 Å². The van der Waals surface area contributed by atoms with Crippen LogP contribution in [0.3, 0.4) is 0 Å². The number of halogens is 3. The number of amides is 2. The first kappa shape index (κ1) is 29.4. The van der Waals surface area contributed by atoms with E-state index in [2.05, 4.69) is 10.3 Å². The van der Waals surface area contributed by atoms with Crippen molar-refractivity contribution in [1.29, 1.82) is 0 Å². The number of pyridine rings is 1. The van der Waals surface area contributed by atoms with Crippen molar-refractivity contribution >= 4 is 35.3 Å². The van der Waals surface area contributed by atoms with Crippen LogP contribution in [0, 0.1) is 17.6 Å². The SMILES string of the molecule is COC(=O)Cc1ccc2c(c1)NC(=O)[C@H](C)CCC[C@H](N1CC[C@H](c3c(F)ccc(Cl)c3F)OC1=O)c1ccnc-2c1. The van der Waals surface area contributed by atoms with Gasteiger partial charge in [-0.2, -0.15) is 0 Å². The number of benzene rings is 2. The first-order valence-electron chi connectivity index (χ1n) is 13.7. The molecule has 0 saturated carbocycles. The van der Waals surface area contributed by atoms with Gasteiger partial charge in [0.15, 0.2) is 5.82 Å². The number of carbonyl (C=O) groups excluding carboxylic acids is 3. The molecule has 8 nitrogen and oxygen atoms in total. The third-order valence-corrected chi connectivity index (χ3v) is 8.10. The number of aromatic nitrogens is 1. The third kappa shape index (κ3) is 6.09. The molecule has 0 radical (unpaired) electrons. The Labute approximate surface area is 247 Å². The average molecular weight is 598 g/mol. The summed E-state index contributed by atoms with van der Waals surface area (Å²) in [5.41, 5.74) is 2.85. The largest absolute Gasteiger partial charge is 0.469 e. The van der Waals surface area contributed by atoms with Crippen LogP contribution in [0.5, 0.6) is 0 Å². The third-order valence-electron chi connectivity index (χ3n) is 7.81. The molecule has 5 rings (SSSR count). The molecular weight excluding hydrogens is 568 g/mol. The number of esters is 1. The summed E-state index contributed by atoms with van der Waals surface area (Å²) in [6, 6.07) is 10.7. The van der Waals surface area contributed by atoms with E-state index >= 15 is 0 Å². The van der Waals surface area contributed by atoms with Gasteiger partial charge in [-0.1, -0.05) is 37.1 Å². The smallest absolute Gasteiger partial charge is 0.410 e. The molecule has 3 heterocycles. The van der Waals surface area contributed by atoms with Gasteiger partial charge in [0.1, 0.15) is 11.9 Å². The van der Waals surface area contributed by atoms with Crippen molar-refractivity contribution in [3.63, 3.8) is 0 Å². The second kappa shape index (κ2) is 12.4. The van der Waals surface area contributed by atoms with Gasteiger partial charge < -0.3 is 19.7 Å². The average Bonchev–Trinajstić information content (AvgIpc) is 2.97. The second-order valence-electron chi connectivity index (χ2n) is 10.6. The molecule has 1 saturated heterocycles. The van der Waals surface area contributed by atoms with Crippen molar-refractivity contribution in [2.24, 2.45) is 5.92 Å². The highest BCUT2D eigenvalue weighted by Crippen LogP contribution is 2.39. The first-order chi connectivity index (χ1) is 20.2. The standard InChI is InChI=1S/C31H30ClF2N3O5/c1-17-4-3-5-25(37-13-11-26(42-31(37)40)28-22(33)9-8-21(32)29(28)34)19-10-12-35-23(16-19)20-7-6-18(15-27(38)41-2)14-24(20)36-30(17)39/h6-10,12,14,16-17,25-26H,3-5,11,13,15H2,1-2H3,(H,36,39)/t17-,25+,26-/m1/s1. The zero-order valence-electron chi connectivity index (χ0n) is 23.2. The lowest BCUT2D eigenvalue weighted by atomic mass is 9.93. The fraction of sp³-hybridized carbons (Fsp3) is 0.355. The molecule has 3 atom stereocenters. The Kier molecular flexibility index (Phi) is 8.72. The van der Waals surface area contributed by atoms with Gasteiger partial charge in [0.2, 0.25) is 5.91 Å². The molecule has 2 aliphatic rings. The van der Waals surface area contributed by atoms with Crippen LogP contribution in [0.15, 0.2) is 48.7 Å². The summed E-state index contributed by atoms with van der Waals surface area (Å²) in [4.78, 5) is 44.4. The lowest BCUT2D eigenvalue weighted by Crippen LogP contribution is -2.42. The fourth-order valence-electron chi connectivity index (χ4n) is 5.50. The van der Waals surface area contributed by atoms with E-state index in [1.807, 2.05) is 19.1 Å². The van der Waals surface area contributed by atoms with Crippen LogP contribution in [0.25, 0.3) is 11.3 Å². The molecule has 2 aliphatic heterocycles. The van der Waals surface area contributed by atoms with Crippen LogP contribution in [0.4, 0.5) is 19.3 Å². The van der Waals surface area contributed by atoms with Crippen LogP contribution in [-0.4, -0.2) is 41.5 Å². The van der Waals surface area contributed by atoms with E-state index in [0.717, 1.165) is 17.7 Å². The van der Waals surface area contributed by atoms with Gasteiger partial charge in [0, 0.05) is 30.6 Å². The highest BCUT2D eigenvalue weighted by atomic mass is 35.5. The lowest BCUT2D eigenvalue weighted by molar-refractivity contribution is -0.139. The summed E-state index contributed by atoms with van der Waals surface area (Å²) in [5, 5.41) is 2.75. The van der Waals surface area contributed by atoms with Crippen LogP contribution < -0.4 is 5.32 Å². The molecule has 0 unspecified atom stereocenters. The predicted molar refractivity (Wildman–Crippen MR) is 152 cm³/mol. The van der Waals surface area contributed by atoms with E-state index in [1.165, 1.54) is 7.11 Å². The van der Waals surface area contributed by atoms with Crippen molar-refractivity contribution in [2.75, 3.05) is 19.0 Å². The molecule has 0 spiro atoms. The number of cyclic esters (lactones) is 1. The highest BCUT2D eigenvalue weighted by molar-refractivity contribution is 6.30. The van der Waals surface area contributed by atoms with Crippen molar-refractivity contribution in [1.82, 2.24) is 9.88 Å². The van der Waals surface area contributed by atoms with Crippen LogP contribution in [0.1, 0.15) is 61.4 Å². The number of methoxy groups -OCH3 is 1. The Morgan fingerprint density at radius 1 is 1.14 bits per heavy atom. The molecule has 1 fully saturated rings. The van der Waals surface area contributed by atoms with Crippen molar-refractivity contribution in [2.45, 2.75) is 51.2 Å². The molecule has 2 aromatic carbocycles. The molecular formula is C31H30ClF2N3O5. The number of ether oxygens (including phenoxy) is 2. The maximum atomic E-state index is 14.7. The number of nitrogens with one attached hydrogen (secondary N) is 1. The monoisotopic (exact) mass is 597 g/mol. The Hall–Kier alpha value is -4.05. The van der Waals surface area contributed by atoms with Gasteiger partial charge in [0.05, 0.1) is 41.5 Å². The summed E-state index contributed by atoms with van der Waals surface area (Å²) < 4.78 is 39.6. The van der Waals surface area contributed by atoms with Crippen molar-refractivity contribution in [3.8, 4) is 11.3 Å². The highest BCUT2D eigenvalue weighted by Gasteiger charge is 2.36. The molecule has 0 aliphatic carbocycles. The summed E-state index contributed by atoms with van der Waals surface area (Å²) in [6.45, 7) is 2.03. The maximum Gasteiger partial charge on any atom is 0.410 e. The summed E-state index contributed by atoms with van der Waals surface area (Å²) in [6.07, 6.45) is 1.75. The van der Waals surface area contributed by atoms with Gasteiger partial charge in [-0.25, -0.2) is 13.6 Å². The van der Waals surface area contributed by atoms with Gasteiger partial charge in [-0.3, -0.25) is 14.6 Å². The lowest BCUT2D eigenvalue weighted by Gasteiger charge is -2.38. The van der Waals surface area contributed by atoms with E-state index in [9.17, 15) is 23.2 Å². The zero-order chi connectivity index (χ0) is 30.0. The number of carbonyl (C=O) groups is 3. The van der Waals surface area contributed by atoms with E-state index < -0.39 is 35.8 Å². The molecule has 42 heavy (non-hydrogen) atoms. The Balaban J connectivity index is 1.48. The van der Waals surface area contributed by atoms with Gasteiger partial charge in [-0.05, 0) is 54.3 Å². The zero-order valence-corrected chi connectivity index (χ0v) is 23.9. The fourth-order valence-corrected chi connectivity index (χ4v) is 5.66. The molecule has 3 aromatic rings. The second-order valence-corrected chi connectivity index (χ2v) is 11.0. The topological polar surface area (TPSA) is 97.8 Å². The van der Waals surface area contributed by atoms with E-state index in [4.69, 9.17) is 21.1 Å². The van der Waals surface area contributed by atoms with E-state index in [1.54, 1.807) is 29.3 Å². The Bertz CT molecular complexity index is 1530. The van der Waals surface area contributed by atoms with E-state index in [0.29, 0.717) is 41.8 Å². The van der Waals surface area contributed by atoms with Gasteiger partial charge >= 0.3 is 12.1 Å². The normalized spacial score (nSPS) is 20.9. The Morgan fingerprint density at radius 3 is 2.71 bits per heavy atom. The number of nitrogens with zero attached hydrogens (tertiary/aromatic N) is 2. The molecule has 11 heteroatoms. The minimum atomic E-state index is -1.11. The van der Waals surface area contributed by atoms with Gasteiger partial charge in [-0.15, -0.1) is 0 Å². The summed E-state index contributed by atoms with van der Waals surface area (Å²) in [5.74, 6) is -2.67. The number of anilines is 1. The minimum absolute atomic E-state index is 0.0474. The molecule has 2 amide bonds. The number of fused-ring (bicyclic) bond motifs is 4. The predicted octanol–water partition coefficient (Wildman–Crippen LogP) is 6.78. The van der Waals surface area contributed by atoms with E-state index in [-0.39, 0.29) is 41.8 Å². The quantitative estimate of drug-likeness (QED) is 0.263. The van der Waals surface area contributed by atoms with Crippen LogP contribution in [0.2, 0.25) is 5.02 Å². The molecule has 220 valence electrons. The van der Waals surface area contributed by atoms with Crippen molar-refractivity contribution < 1.29 is 32.6 Å². The maximum absolute atomic E-state index is 14.7. The summed E-state index contributed by atoms with van der Waals surface area (Å²) >= 11 is 5.86. The van der Waals surface area contributed by atoms with Crippen molar-refractivity contribution in [3.05, 3.63) is 82.0 Å². The molecule has 2 bridgehead atoms.